The van der Waals surface area contributed by atoms with Crippen molar-refractivity contribution in [1.82, 2.24) is 4.33 Å². The van der Waals surface area contributed by atoms with Crippen LogP contribution in [-0.2, 0) is 5.54 Å². The second-order valence-corrected chi connectivity index (χ2v) is 5.16. The van der Waals surface area contributed by atoms with Gasteiger partial charge >= 0.3 is 77.3 Å². The van der Waals surface area contributed by atoms with E-state index in [4.69, 9.17) is 0 Å². The molecule has 64 valence electrons. The van der Waals surface area contributed by atoms with Crippen LogP contribution in [0.5, 0.6) is 0 Å². The molecule has 0 atom stereocenters. The van der Waals surface area contributed by atoms with Gasteiger partial charge in [-0.25, -0.2) is 0 Å². The summed E-state index contributed by atoms with van der Waals surface area (Å²) in [6, 6.07) is 5.31. The molecule has 1 N–H and O–H groups in total. The van der Waals surface area contributed by atoms with Gasteiger partial charge in [-0.1, -0.05) is 0 Å². The van der Waals surface area contributed by atoms with Crippen molar-refractivity contribution in [2.24, 2.45) is 0 Å². The Hall–Kier alpha value is -0.371. The summed E-state index contributed by atoms with van der Waals surface area (Å²) in [6.07, 6.45) is 0. The van der Waals surface area contributed by atoms with E-state index in [1.54, 1.807) is 6.07 Å². The van der Waals surface area contributed by atoms with E-state index < -0.39 is 0 Å². The topological polar surface area (TPSA) is 12.0 Å². The van der Waals surface area contributed by atoms with Crippen LogP contribution in [0.25, 0.3) is 0 Å². The van der Waals surface area contributed by atoms with E-state index in [0.717, 1.165) is 10.0 Å². The molecular formula is C9H10FNSe. The monoisotopic (exact) mass is 231 g/mol. The van der Waals surface area contributed by atoms with Gasteiger partial charge in [0.25, 0.3) is 0 Å². The normalized spacial score (nSPS) is 19.2. The molecule has 0 aromatic heterocycles. The van der Waals surface area contributed by atoms with Crippen molar-refractivity contribution in [1.29, 1.82) is 0 Å². The van der Waals surface area contributed by atoms with E-state index in [1.165, 1.54) is 6.07 Å². The molecule has 0 amide bonds. The van der Waals surface area contributed by atoms with Gasteiger partial charge in [0.15, 0.2) is 0 Å². The SMILES string of the molecule is CC1(C)N[Se]c2c(F)cccc21. The molecule has 3 heteroatoms. The van der Waals surface area contributed by atoms with Gasteiger partial charge < -0.3 is 0 Å². The first-order valence-electron chi connectivity index (χ1n) is 3.84. The van der Waals surface area contributed by atoms with Crippen molar-refractivity contribution in [3.63, 3.8) is 0 Å². The number of fused-ring (bicyclic) bond motifs is 1. The average molecular weight is 230 g/mol. The third-order valence-corrected chi connectivity index (χ3v) is 4.63. The summed E-state index contributed by atoms with van der Waals surface area (Å²) in [5.74, 6) is -0.0643. The molecule has 1 aliphatic rings. The quantitative estimate of drug-likeness (QED) is 0.653. The number of rotatable bonds is 0. The first-order valence-corrected chi connectivity index (χ1v) is 5.55. The Morgan fingerprint density at radius 2 is 2.17 bits per heavy atom. The number of nitrogens with one attached hydrogen (secondary N) is 1. The molecular weight excluding hydrogens is 220 g/mol. The van der Waals surface area contributed by atoms with Crippen molar-refractivity contribution < 1.29 is 4.39 Å². The summed E-state index contributed by atoms with van der Waals surface area (Å²) < 4.78 is 17.4. The Morgan fingerprint density at radius 3 is 2.83 bits per heavy atom. The van der Waals surface area contributed by atoms with Crippen LogP contribution < -0.4 is 8.79 Å². The van der Waals surface area contributed by atoms with Crippen LogP contribution in [0.4, 0.5) is 4.39 Å². The molecule has 0 saturated heterocycles. The van der Waals surface area contributed by atoms with Crippen molar-refractivity contribution in [3.8, 4) is 0 Å². The molecule has 1 aliphatic heterocycles. The Balaban J connectivity index is 2.61. The minimum absolute atomic E-state index is 0.0442. The van der Waals surface area contributed by atoms with Crippen molar-refractivity contribution in [2.75, 3.05) is 0 Å². The van der Waals surface area contributed by atoms with Gasteiger partial charge in [0.2, 0.25) is 0 Å². The standard InChI is InChI=1S/C9H10FNSe/c1-9(2)6-4-3-5-7(10)8(6)12-11-9/h3-5,11H,1-2H3. The Morgan fingerprint density at radius 1 is 1.42 bits per heavy atom. The van der Waals surface area contributed by atoms with E-state index in [9.17, 15) is 4.39 Å². The van der Waals surface area contributed by atoms with E-state index in [-0.39, 0.29) is 26.5 Å². The average Bonchev–Trinajstić information content (AvgIpc) is 2.30. The van der Waals surface area contributed by atoms with Gasteiger partial charge in [-0.3, -0.25) is 0 Å². The number of hydrogen-bond donors (Lipinski definition) is 1. The number of benzene rings is 1. The molecule has 1 nitrogen and oxygen atoms in total. The van der Waals surface area contributed by atoms with Crippen LogP contribution in [0, 0.1) is 5.82 Å². The summed E-state index contributed by atoms with van der Waals surface area (Å²) in [4.78, 5) is 0. The molecule has 0 unspecified atom stereocenters. The Kier molecular flexibility index (Phi) is 1.76. The molecule has 0 aliphatic carbocycles. The van der Waals surface area contributed by atoms with E-state index in [0.29, 0.717) is 0 Å². The molecule has 0 spiro atoms. The predicted octanol–water partition coefficient (Wildman–Crippen LogP) is 0.908. The van der Waals surface area contributed by atoms with E-state index >= 15 is 0 Å². The first kappa shape index (κ1) is 8.24. The molecule has 1 heterocycles. The van der Waals surface area contributed by atoms with Gasteiger partial charge in [-0.2, -0.15) is 0 Å². The molecule has 12 heavy (non-hydrogen) atoms. The summed E-state index contributed by atoms with van der Waals surface area (Å²) in [6.45, 7) is 4.17. The maximum atomic E-state index is 13.2. The second kappa shape index (κ2) is 2.56. The fraction of sp³-hybridized carbons (Fsp3) is 0.333. The molecule has 2 rings (SSSR count). The van der Waals surface area contributed by atoms with Crippen LogP contribution in [0.15, 0.2) is 18.2 Å². The maximum absolute atomic E-state index is 13.2. The van der Waals surface area contributed by atoms with Crippen LogP contribution in [0.2, 0.25) is 0 Å². The van der Waals surface area contributed by atoms with Gasteiger partial charge in [0.1, 0.15) is 0 Å². The second-order valence-electron chi connectivity index (χ2n) is 3.45. The zero-order chi connectivity index (χ0) is 8.77. The first-order chi connectivity index (χ1) is 5.61. The van der Waals surface area contributed by atoms with Gasteiger partial charge in [-0.15, -0.1) is 0 Å². The van der Waals surface area contributed by atoms with Gasteiger partial charge in [0.05, 0.1) is 0 Å². The molecule has 0 radical (unpaired) electrons. The molecule has 0 fully saturated rings. The van der Waals surface area contributed by atoms with E-state index in [1.807, 2.05) is 6.07 Å². The van der Waals surface area contributed by atoms with Gasteiger partial charge in [-0.05, 0) is 0 Å². The fourth-order valence-electron chi connectivity index (χ4n) is 1.34. The summed E-state index contributed by atoms with van der Waals surface area (Å²) in [5, 5.41) is 0. The summed E-state index contributed by atoms with van der Waals surface area (Å²) in [5.41, 5.74) is 1.07. The van der Waals surface area contributed by atoms with Crippen LogP contribution in [0.3, 0.4) is 0 Å². The zero-order valence-electron chi connectivity index (χ0n) is 7.02. The summed E-state index contributed by atoms with van der Waals surface area (Å²) >= 11 is 0.101. The number of hydrogen-bond acceptors (Lipinski definition) is 1. The minimum atomic E-state index is -0.0643. The molecule has 1 aromatic carbocycles. The third-order valence-electron chi connectivity index (χ3n) is 2.05. The predicted molar refractivity (Wildman–Crippen MR) is 47.9 cm³/mol. The van der Waals surface area contributed by atoms with Crippen molar-refractivity contribution >= 4 is 19.6 Å². The Bertz CT molecular complexity index is 322. The molecule has 0 bridgehead atoms. The van der Waals surface area contributed by atoms with Crippen LogP contribution in [-0.4, -0.2) is 15.2 Å². The Labute approximate surface area is 77.7 Å². The third kappa shape index (κ3) is 1.09. The molecule has 0 saturated carbocycles. The zero-order valence-corrected chi connectivity index (χ0v) is 8.73. The van der Waals surface area contributed by atoms with Crippen LogP contribution >= 0.6 is 0 Å². The molecule has 1 aromatic rings. The fourth-order valence-corrected chi connectivity index (χ4v) is 3.57. The van der Waals surface area contributed by atoms with Crippen LogP contribution in [0.1, 0.15) is 19.4 Å². The van der Waals surface area contributed by atoms with Crippen molar-refractivity contribution in [2.45, 2.75) is 19.4 Å². The number of halogens is 1. The van der Waals surface area contributed by atoms with Gasteiger partial charge in [0, 0.05) is 0 Å². The van der Waals surface area contributed by atoms with E-state index in [2.05, 4.69) is 18.2 Å². The summed E-state index contributed by atoms with van der Waals surface area (Å²) in [7, 11) is 0. The van der Waals surface area contributed by atoms with Crippen molar-refractivity contribution in [3.05, 3.63) is 29.6 Å².